The van der Waals surface area contributed by atoms with E-state index in [1.54, 1.807) is 23.8 Å². The molecule has 176 valence electrons. The van der Waals surface area contributed by atoms with Crippen LogP contribution in [0.3, 0.4) is 0 Å². The summed E-state index contributed by atoms with van der Waals surface area (Å²) in [5.74, 6) is 2.64. The van der Waals surface area contributed by atoms with E-state index in [0.717, 1.165) is 11.3 Å². The zero-order chi connectivity index (χ0) is 23.9. The van der Waals surface area contributed by atoms with E-state index in [1.165, 1.54) is 5.56 Å². The van der Waals surface area contributed by atoms with Crippen LogP contribution in [0.2, 0.25) is 0 Å². The van der Waals surface area contributed by atoms with Gasteiger partial charge in [-0.3, -0.25) is 4.79 Å². The number of methoxy groups -OCH3 is 1. The summed E-state index contributed by atoms with van der Waals surface area (Å²) in [6, 6.07) is 18.7. The van der Waals surface area contributed by atoms with Crippen molar-refractivity contribution in [2.24, 2.45) is 0 Å². The predicted octanol–water partition coefficient (Wildman–Crippen LogP) is 3.50. The molecular weight excluding hydrogens is 434 g/mol. The number of hydrogen-bond donors (Lipinski definition) is 1. The maximum absolute atomic E-state index is 12.1. The number of carbonyl (C=O) groups is 1. The maximum atomic E-state index is 12.1. The van der Waals surface area contributed by atoms with E-state index in [2.05, 4.69) is 34.5 Å². The number of fused-ring (bicyclic) bond motifs is 1. The van der Waals surface area contributed by atoms with Crippen molar-refractivity contribution < 1.29 is 19.0 Å². The van der Waals surface area contributed by atoms with E-state index in [4.69, 9.17) is 14.2 Å². The van der Waals surface area contributed by atoms with Crippen molar-refractivity contribution in [3.05, 3.63) is 66.2 Å². The molecule has 0 spiro atoms. The minimum Gasteiger partial charge on any atom is -0.497 e. The first-order valence-electron chi connectivity index (χ1n) is 11.0. The Morgan fingerprint density at radius 3 is 2.38 bits per heavy atom. The normalized spacial score (nSPS) is 10.9. The third-order valence-corrected chi connectivity index (χ3v) is 5.18. The molecule has 0 bridgehead atoms. The Kier molecular flexibility index (Phi) is 7.22. The van der Waals surface area contributed by atoms with E-state index in [1.807, 2.05) is 48.5 Å². The topological polar surface area (TPSA) is 99.9 Å². The fourth-order valence-corrected chi connectivity index (χ4v) is 3.26. The van der Waals surface area contributed by atoms with E-state index in [-0.39, 0.29) is 19.1 Å². The predicted molar refractivity (Wildman–Crippen MR) is 127 cm³/mol. The van der Waals surface area contributed by atoms with Crippen LogP contribution in [0, 0.1) is 0 Å². The number of amides is 1. The van der Waals surface area contributed by atoms with Crippen LogP contribution in [0.4, 0.5) is 0 Å². The van der Waals surface area contributed by atoms with Crippen molar-refractivity contribution in [3.8, 4) is 28.8 Å². The molecule has 2 aromatic carbocycles. The van der Waals surface area contributed by atoms with Crippen LogP contribution in [0.5, 0.6) is 17.4 Å². The Hall–Kier alpha value is -4.14. The summed E-state index contributed by atoms with van der Waals surface area (Å²) in [5, 5.41) is 15.6. The van der Waals surface area contributed by atoms with Crippen LogP contribution in [0.1, 0.15) is 25.3 Å². The van der Waals surface area contributed by atoms with Gasteiger partial charge in [0.1, 0.15) is 18.1 Å². The molecule has 0 unspecified atom stereocenters. The molecule has 2 heterocycles. The highest BCUT2D eigenvalue weighted by Crippen LogP contribution is 2.22. The smallest absolute Gasteiger partial charge is 0.258 e. The molecule has 0 atom stereocenters. The van der Waals surface area contributed by atoms with Gasteiger partial charge in [0.25, 0.3) is 5.91 Å². The highest BCUT2D eigenvalue weighted by Gasteiger charge is 2.11. The summed E-state index contributed by atoms with van der Waals surface area (Å²) < 4.78 is 18.1. The summed E-state index contributed by atoms with van der Waals surface area (Å²) in [6.07, 6.45) is 0. The standard InChI is InChI=1S/C25H27N5O4/c1-17(2)18-4-10-21(11-5-18)34-16-23(31)26-14-15-33-24-13-12-22-27-28-25(30(22)29-24)19-6-8-20(32-3)9-7-19/h4-13,17H,14-16H2,1-3H3,(H,26,31). The van der Waals surface area contributed by atoms with Gasteiger partial charge in [-0.1, -0.05) is 26.0 Å². The lowest BCUT2D eigenvalue weighted by molar-refractivity contribution is -0.123. The van der Waals surface area contributed by atoms with Crippen molar-refractivity contribution in [1.82, 2.24) is 25.1 Å². The zero-order valence-electron chi connectivity index (χ0n) is 19.4. The lowest BCUT2D eigenvalue weighted by atomic mass is 10.0. The molecule has 0 aliphatic heterocycles. The minimum absolute atomic E-state index is 0.0584. The van der Waals surface area contributed by atoms with Crippen LogP contribution in [0.25, 0.3) is 17.0 Å². The number of ether oxygens (including phenoxy) is 3. The molecule has 0 saturated heterocycles. The highest BCUT2D eigenvalue weighted by atomic mass is 16.5. The van der Waals surface area contributed by atoms with Gasteiger partial charge < -0.3 is 19.5 Å². The Morgan fingerprint density at radius 2 is 1.68 bits per heavy atom. The quantitative estimate of drug-likeness (QED) is 0.361. The number of hydrogen-bond acceptors (Lipinski definition) is 7. The van der Waals surface area contributed by atoms with Crippen molar-refractivity contribution in [2.75, 3.05) is 26.9 Å². The Labute approximate surface area is 197 Å². The molecule has 1 amide bonds. The van der Waals surface area contributed by atoms with Gasteiger partial charge in [-0.15, -0.1) is 15.3 Å². The first kappa shape index (κ1) is 23.0. The fourth-order valence-electron chi connectivity index (χ4n) is 3.26. The van der Waals surface area contributed by atoms with Gasteiger partial charge in [0, 0.05) is 11.6 Å². The number of carbonyl (C=O) groups excluding carboxylic acids is 1. The lowest BCUT2D eigenvalue weighted by Crippen LogP contribution is -2.32. The van der Waals surface area contributed by atoms with Gasteiger partial charge in [-0.2, -0.15) is 4.52 Å². The summed E-state index contributed by atoms with van der Waals surface area (Å²) in [7, 11) is 1.62. The number of nitrogens with one attached hydrogen (secondary N) is 1. The first-order valence-corrected chi connectivity index (χ1v) is 11.0. The molecule has 0 fully saturated rings. The third kappa shape index (κ3) is 5.61. The monoisotopic (exact) mass is 461 g/mol. The Morgan fingerprint density at radius 1 is 0.941 bits per heavy atom. The molecule has 0 saturated carbocycles. The molecular formula is C25H27N5O4. The van der Waals surface area contributed by atoms with Crippen LogP contribution < -0.4 is 19.5 Å². The van der Waals surface area contributed by atoms with E-state index < -0.39 is 0 Å². The molecule has 2 aromatic heterocycles. The number of benzene rings is 2. The second kappa shape index (κ2) is 10.7. The average Bonchev–Trinajstić information content (AvgIpc) is 3.29. The molecule has 9 nitrogen and oxygen atoms in total. The largest absolute Gasteiger partial charge is 0.497 e. The van der Waals surface area contributed by atoms with Crippen LogP contribution in [-0.4, -0.2) is 52.6 Å². The zero-order valence-corrected chi connectivity index (χ0v) is 19.4. The van der Waals surface area contributed by atoms with Crippen LogP contribution >= 0.6 is 0 Å². The minimum atomic E-state index is -0.222. The summed E-state index contributed by atoms with van der Waals surface area (Å²) in [6.45, 7) is 4.78. The molecule has 4 rings (SSSR count). The molecule has 34 heavy (non-hydrogen) atoms. The lowest BCUT2D eigenvalue weighted by Gasteiger charge is -2.10. The van der Waals surface area contributed by atoms with Crippen molar-refractivity contribution in [3.63, 3.8) is 0 Å². The van der Waals surface area contributed by atoms with Crippen LogP contribution in [0.15, 0.2) is 60.7 Å². The van der Waals surface area contributed by atoms with Gasteiger partial charge in [-0.05, 0) is 53.9 Å². The molecule has 4 aromatic rings. The fraction of sp³-hybridized carbons (Fsp3) is 0.280. The van der Waals surface area contributed by atoms with E-state index in [0.29, 0.717) is 35.6 Å². The molecule has 0 radical (unpaired) electrons. The van der Waals surface area contributed by atoms with E-state index in [9.17, 15) is 4.79 Å². The van der Waals surface area contributed by atoms with Gasteiger partial charge >= 0.3 is 0 Å². The number of nitrogens with zero attached hydrogens (tertiary/aromatic N) is 4. The van der Waals surface area contributed by atoms with Gasteiger partial charge in [0.05, 0.1) is 13.7 Å². The van der Waals surface area contributed by atoms with Gasteiger partial charge in [-0.25, -0.2) is 0 Å². The molecule has 0 aliphatic carbocycles. The summed E-state index contributed by atoms with van der Waals surface area (Å²) in [4.78, 5) is 12.1. The van der Waals surface area contributed by atoms with E-state index >= 15 is 0 Å². The van der Waals surface area contributed by atoms with Gasteiger partial charge in [0.2, 0.25) is 5.88 Å². The van der Waals surface area contributed by atoms with Crippen LogP contribution in [-0.2, 0) is 4.79 Å². The van der Waals surface area contributed by atoms with Crippen molar-refractivity contribution in [2.45, 2.75) is 19.8 Å². The second-order valence-corrected chi connectivity index (χ2v) is 7.90. The molecule has 9 heteroatoms. The number of aromatic nitrogens is 4. The van der Waals surface area contributed by atoms with Crippen molar-refractivity contribution >= 4 is 11.6 Å². The Balaban J connectivity index is 1.26. The maximum Gasteiger partial charge on any atom is 0.258 e. The third-order valence-electron chi connectivity index (χ3n) is 5.18. The average molecular weight is 462 g/mol. The number of rotatable bonds is 10. The molecule has 1 N–H and O–H groups in total. The van der Waals surface area contributed by atoms with Gasteiger partial charge in [0.15, 0.2) is 18.1 Å². The summed E-state index contributed by atoms with van der Waals surface area (Å²) in [5.41, 5.74) is 2.68. The van der Waals surface area contributed by atoms with Crippen molar-refractivity contribution in [1.29, 1.82) is 0 Å². The summed E-state index contributed by atoms with van der Waals surface area (Å²) >= 11 is 0. The first-order chi connectivity index (χ1) is 16.5. The second-order valence-electron chi connectivity index (χ2n) is 7.90. The highest BCUT2D eigenvalue weighted by molar-refractivity contribution is 5.77. The molecule has 0 aliphatic rings. The SMILES string of the molecule is COc1ccc(-c2nnc3ccc(OCCNC(=O)COc4ccc(C(C)C)cc4)nn23)cc1. The Bertz CT molecular complexity index is 1240.